The molecule has 1 heterocycles. The first-order valence-corrected chi connectivity index (χ1v) is 5.69. The van der Waals surface area contributed by atoms with E-state index in [1.807, 2.05) is 7.85 Å². The molecular weight excluding hydrogens is 182 g/mol. The van der Waals surface area contributed by atoms with E-state index in [1.54, 1.807) is 0 Å². The predicted octanol–water partition coefficient (Wildman–Crippen LogP) is -1.47. The molecule has 0 unspecified atom stereocenters. The van der Waals surface area contributed by atoms with Crippen LogP contribution in [0.5, 0.6) is 0 Å². The summed E-state index contributed by atoms with van der Waals surface area (Å²) in [7, 11) is -2.38. The standard InChI is InChI=1S/C5H14BO5P/c6-5-2-1-4(11-5)3-10-12(7,8)9/h4-5,7-9,12H,1-3,6H2/t4-,5+/m0/s1. The second kappa shape index (κ2) is 4.00. The van der Waals surface area contributed by atoms with Crippen molar-refractivity contribution in [1.29, 1.82) is 0 Å². The normalized spacial score (nSPS) is 32.2. The maximum absolute atomic E-state index is 8.52. The van der Waals surface area contributed by atoms with Crippen LogP contribution in [0.15, 0.2) is 0 Å². The van der Waals surface area contributed by atoms with Gasteiger partial charge in [-0.2, -0.15) is 0 Å². The summed E-state index contributed by atoms with van der Waals surface area (Å²) < 4.78 is 9.76. The summed E-state index contributed by atoms with van der Waals surface area (Å²) in [6.07, 6.45) is 1.68. The van der Waals surface area contributed by atoms with Gasteiger partial charge in [-0.05, 0) is 0 Å². The van der Waals surface area contributed by atoms with Gasteiger partial charge in [0, 0.05) is 0 Å². The predicted molar refractivity (Wildman–Crippen MR) is 47.4 cm³/mol. The molecular formula is C5H14BO5P. The summed E-state index contributed by atoms with van der Waals surface area (Å²) in [6.45, 7) is 0.0556. The van der Waals surface area contributed by atoms with Crippen LogP contribution in [-0.4, -0.2) is 41.2 Å². The fourth-order valence-electron chi connectivity index (χ4n) is 1.21. The van der Waals surface area contributed by atoms with Crippen LogP contribution in [0.25, 0.3) is 0 Å². The van der Waals surface area contributed by atoms with E-state index in [1.165, 1.54) is 0 Å². The summed E-state index contributed by atoms with van der Waals surface area (Å²) >= 11 is 0. The Morgan fingerprint density at radius 2 is 2.08 bits per heavy atom. The third kappa shape index (κ3) is 3.80. The second-order valence-electron chi connectivity index (χ2n) is 3.03. The van der Waals surface area contributed by atoms with Gasteiger partial charge in [0.2, 0.25) is 0 Å². The molecule has 0 saturated carbocycles. The Morgan fingerprint density at radius 1 is 1.42 bits per heavy atom. The van der Waals surface area contributed by atoms with Crippen LogP contribution >= 0.6 is 8.17 Å². The Bertz CT molecular complexity index is 149. The Hall–Kier alpha value is 0.295. The first kappa shape index (κ1) is 10.4. The van der Waals surface area contributed by atoms with Crippen LogP contribution in [-0.2, 0) is 9.26 Å². The summed E-state index contributed by atoms with van der Waals surface area (Å²) in [6, 6.07) is 0.200. The molecule has 0 bridgehead atoms. The molecule has 2 atom stereocenters. The van der Waals surface area contributed by atoms with Crippen molar-refractivity contribution in [3.05, 3.63) is 0 Å². The van der Waals surface area contributed by atoms with Gasteiger partial charge in [-0.25, -0.2) is 0 Å². The third-order valence-electron chi connectivity index (χ3n) is 1.78. The van der Waals surface area contributed by atoms with E-state index < -0.39 is 8.17 Å². The first-order chi connectivity index (χ1) is 5.47. The first-order valence-electron chi connectivity index (χ1n) is 3.94. The fourth-order valence-corrected chi connectivity index (χ4v) is 1.62. The molecule has 3 N–H and O–H groups in total. The van der Waals surface area contributed by atoms with E-state index >= 15 is 0 Å². The molecule has 1 saturated heterocycles. The van der Waals surface area contributed by atoms with Gasteiger partial charge in [0.15, 0.2) is 0 Å². The molecule has 12 heavy (non-hydrogen) atoms. The third-order valence-corrected chi connectivity index (χ3v) is 2.34. The van der Waals surface area contributed by atoms with E-state index in [4.69, 9.17) is 19.4 Å². The van der Waals surface area contributed by atoms with Gasteiger partial charge in [0.25, 0.3) is 0 Å². The monoisotopic (exact) mass is 196 g/mol. The number of hydrogen-bond acceptors (Lipinski definition) is 5. The van der Waals surface area contributed by atoms with Crippen LogP contribution < -0.4 is 0 Å². The van der Waals surface area contributed by atoms with Crippen LogP contribution in [0.1, 0.15) is 12.8 Å². The molecule has 72 valence electrons. The molecule has 0 aliphatic carbocycles. The van der Waals surface area contributed by atoms with E-state index in [0.29, 0.717) is 0 Å². The molecule has 1 fully saturated rings. The minimum absolute atomic E-state index is 0.0556. The molecule has 1 rings (SSSR count). The Morgan fingerprint density at radius 3 is 2.50 bits per heavy atom. The summed E-state index contributed by atoms with van der Waals surface area (Å²) in [4.78, 5) is 25.5. The molecule has 0 radical (unpaired) electrons. The van der Waals surface area contributed by atoms with Crippen molar-refractivity contribution in [3.8, 4) is 0 Å². The average molecular weight is 196 g/mol. The Balaban J connectivity index is 2.16. The molecule has 0 amide bonds. The van der Waals surface area contributed by atoms with E-state index in [-0.39, 0.29) is 18.7 Å². The van der Waals surface area contributed by atoms with Crippen molar-refractivity contribution in [1.82, 2.24) is 0 Å². The van der Waals surface area contributed by atoms with E-state index in [9.17, 15) is 0 Å². The zero-order chi connectivity index (χ0) is 9.19. The number of rotatable bonds is 3. The molecule has 7 heteroatoms. The molecule has 0 aromatic carbocycles. The van der Waals surface area contributed by atoms with Crippen LogP contribution in [0.2, 0.25) is 0 Å². The fraction of sp³-hybridized carbons (Fsp3) is 1.00. The molecule has 5 nitrogen and oxygen atoms in total. The van der Waals surface area contributed by atoms with Crippen molar-refractivity contribution >= 4 is 16.0 Å². The van der Waals surface area contributed by atoms with Gasteiger partial charge in [-0.1, -0.05) is 0 Å². The number of hydrogen-bond donors (Lipinski definition) is 3. The van der Waals surface area contributed by atoms with Gasteiger partial charge in [0.1, 0.15) is 0 Å². The zero-order valence-corrected chi connectivity index (χ0v) is 7.93. The Labute approximate surface area is 72.4 Å². The second-order valence-corrected chi connectivity index (χ2v) is 4.47. The molecule has 1 aliphatic heterocycles. The van der Waals surface area contributed by atoms with Gasteiger partial charge < -0.3 is 0 Å². The maximum atomic E-state index is 8.52. The summed E-state index contributed by atoms with van der Waals surface area (Å²) in [5.41, 5.74) is 0. The zero-order valence-electron chi connectivity index (χ0n) is 6.93. The van der Waals surface area contributed by atoms with Crippen molar-refractivity contribution in [2.75, 3.05) is 6.61 Å². The molecule has 0 spiro atoms. The van der Waals surface area contributed by atoms with Gasteiger partial charge in [-0.15, -0.1) is 0 Å². The minimum atomic E-state index is -4.33. The van der Waals surface area contributed by atoms with Crippen LogP contribution in [0.4, 0.5) is 0 Å². The van der Waals surface area contributed by atoms with E-state index in [0.717, 1.165) is 12.8 Å². The Kier molecular flexibility index (Phi) is 3.46. The van der Waals surface area contributed by atoms with Crippen LogP contribution in [0, 0.1) is 0 Å². The van der Waals surface area contributed by atoms with Gasteiger partial charge in [-0.3, -0.25) is 0 Å². The quantitative estimate of drug-likeness (QED) is 0.379. The van der Waals surface area contributed by atoms with E-state index in [2.05, 4.69) is 4.52 Å². The summed E-state index contributed by atoms with van der Waals surface area (Å²) in [5, 5.41) is 0. The van der Waals surface area contributed by atoms with Crippen LogP contribution in [0.3, 0.4) is 0 Å². The van der Waals surface area contributed by atoms with Gasteiger partial charge >= 0.3 is 71.5 Å². The summed E-state index contributed by atoms with van der Waals surface area (Å²) in [5.74, 6) is 0. The van der Waals surface area contributed by atoms with Crippen molar-refractivity contribution in [2.45, 2.75) is 24.9 Å². The number of ether oxygens (including phenoxy) is 1. The van der Waals surface area contributed by atoms with Crippen molar-refractivity contribution < 1.29 is 23.9 Å². The topological polar surface area (TPSA) is 79.2 Å². The molecule has 0 aromatic heterocycles. The molecule has 0 aromatic rings. The SMILES string of the molecule is B[C@H]1CC[C@@H](CO[PH](O)(O)O)O1. The van der Waals surface area contributed by atoms with Crippen molar-refractivity contribution in [3.63, 3.8) is 0 Å². The van der Waals surface area contributed by atoms with Gasteiger partial charge in [0.05, 0.1) is 0 Å². The average Bonchev–Trinajstić information content (AvgIpc) is 2.30. The van der Waals surface area contributed by atoms with Crippen molar-refractivity contribution in [2.24, 2.45) is 0 Å². The molecule has 1 aliphatic rings.